The van der Waals surface area contributed by atoms with E-state index in [1.54, 1.807) is 18.2 Å². The first-order valence-electron chi connectivity index (χ1n) is 11.2. The molecular weight excluding hydrogens is 430 g/mol. The van der Waals surface area contributed by atoms with Crippen molar-refractivity contribution in [2.45, 2.75) is 6.54 Å². The Morgan fingerprint density at radius 3 is 2.47 bits per heavy atom. The van der Waals surface area contributed by atoms with Gasteiger partial charge in [-0.15, -0.1) is 0 Å². The van der Waals surface area contributed by atoms with Crippen molar-refractivity contribution in [3.05, 3.63) is 71.5 Å². The summed E-state index contributed by atoms with van der Waals surface area (Å²) in [6.45, 7) is 4.59. The molecule has 9 nitrogen and oxygen atoms in total. The van der Waals surface area contributed by atoms with Crippen LogP contribution in [-0.4, -0.2) is 67.0 Å². The van der Waals surface area contributed by atoms with Gasteiger partial charge in [-0.05, 0) is 36.9 Å². The predicted octanol–water partition coefficient (Wildman–Crippen LogP) is 1.77. The van der Waals surface area contributed by atoms with E-state index in [-0.39, 0.29) is 17.4 Å². The molecule has 2 heterocycles. The van der Waals surface area contributed by atoms with Crippen LogP contribution in [0, 0.1) is 0 Å². The lowest BCUT2D eigenvalue weighted by molar-refractivity contribution is 0.0945. The van der Waals surface area contributed by atoms with Crippen molar-refractivity contribution >= 4 is 23.3 Å². The smallest absolute Gasteiger partial charge is 0.273 e. The van der Waals surface area contributed by atoms with Crippen LogP contribution in [0.2, 0.25) is 0 Å². The van der Waals surface area contributed by atoms with Crippen LogP contribution in [0.15, 0.2) is 54.7 Å². The number of nitrogens with one attached hydrogen (secondary N) is 2. The van der Waals surface area contributed by atoms with Gasteiger partial charge in [0.25, 0.3) is 11.8 Å². The van der Waals surface area contributed by atoms with Crippen LogP contribution >= 0.6 is 0 Å². The van der Waals surface area contributed by atoms with Crippen LogP contribution in [0.3, 0.4) is 0 Å². The molecule has 1 aliphatic rings. The Morgan fingerprint density at radius 2 is 1.76 bits per heavy atom. The molecule has 4 N–H and O–H groups in total. The highest BCUT2D eigenvalue weighted by atomic mass is 16.2. The molecule has 2 aromatic carbocycles. The highest BCUT2D eigenvalue weighted by Gasteiger charge is 2.15. The number of aromatic nitrogens is 2. The Hall–Kier alpha value is -3.98. The summed E-state index contributed by atoms with van der Waals surface area (Å²) in [5, 5.41) is 5.46. The van der Waals surface area contributed by atoms with E-state index in [2.05, 4.69) is 61.7 Å². The summed E-state index contributed by atoms with van der Waals surface area (Å²) in [6, 6.07) is 15.4. The SMILES string of the molecule is CNC(=O)c1nc(-c2cccc(C(=O)NCc3ccc(N4CCN(C)CC4)cc3)c2)cnc1N. The maximum atomic E-state index is 12.8. The lowest BCUT2D eigenvalue weighted by Gasteiger charge is -2.34. The van der Waals surface area contributed by atoms with Gasteiger partial charge >= 0.3 is 0 Å². The average Bonchev–Trinajstić information content (AvgIpc) is 2.88. The molecule has 1 saturated heterocycles. The number of carbonyl (C=O) groups excluding carboxylic acids is 2. The summed E-state index contributed by atoms with van der Waals surface area (Å²) in [4.78, 5) is 37.8. The summed E-state index contributed by atoms with van der Waals surface area (Å²) in [7, 11) is 3.64. The lowest BCUT2D eigenvalue weighted by atomic mass is 10.1. The first-order valence-corrected chi connectivity index (χ1v) is 11.2. The lowest BCUT2D eigenvalue weighted by Crippen LogP contribution is -2.44. The van der Waals surface area contributed by atoms with Crippen LogP contribution in [-0.2, 0) is 6.54 Å². The number of nitrogens with zero attached hydrogens (tertiary/aromatic N) is 4. The first-order chi connectivity index (χ1) is 16.4. The number of rotatable bonds is 6. The number of anilines is 2. The molecule has 3 aromatic rings. The summed E-state index contributed by atoms with van der Waals surface area (Å²) >= 11 is 0. The molecule has 176 valence electrons. The Labute approximate surface area is 199 Å². The average molecular weight is 460 g/mol. The monoisotopic (exact) mass is 459 g/mol. The Balaban J connectivity index is 1.41. The van der Waals surface area contributed by atoms with E-state index in [1.807, 2.05) is 6.07 Å². The molecule has 0 spiro atoms. The Kier molecular flexibility index (Phi) is 7.03. The number of nitrogen functional groups attached to an aromatic ring is 1. The molecule has 4 rings (SSSR count). The first kappa shape index (κ1) is 23.2. The van der Waals surface area contributed by atoms with Crippen molar-refractivity contribution in [1.82, 2.24) is 25.5 Å². The third-order valence-electron chi connectivity index (χ3n) is 5.92. The molecule has 1 aliphatic heterocycles. The van der Waals surface area contributed by atoms with E-state index in [4.69, 9.17) is 5.73 Å². The standard InChI is InChI=1S/C25H29N7O2/c1-27-25(34)22-23(26)28-16-21(30-22)18-4-3-5-19(14-18)24(33)29-15-17-6-8-20(9-7-17)32-12-10-31(2)11-13-32/h3-9,14,16H,10-13,15H2,1-2H3,(H2,26,28)(H,27,34)(H,29,33). The summed E-state index contributed by atoms with van der Waals surface area (Å²) in [6.07, 6.45) is 1.49. The molecule has 0 radical (unpaired) electrons. The zero-order valence-corrected chi connectivity index (χ0v) is 19.4. The fraction of sp³-hybridized carbons (Fsp3) is 0.280. The molecule has 9 heteroatoms. The normalized spacial score (nSPS) is 14.0. The minimum atomic E-state index is -0.417. The van der Waals surface area contributed by atoms with Gasteiger partial charge in [-0.25, -0.2) is 9.97 Å². The van der Waals surface area contributed by atoms with Gasteiger partial charge in [0.1, 0.15) is 0 Å². The number of carbonyl (C=O) groups is 2. The zero-order valence-electron chi connectivity index (χ0n) is 19.4. The Bertz CT molecular complexity index is 1170. The summed E-state index contributed by atoms with van der Waals surface area (Å²) in [5.74, 6) is -0.560. The second-order valence-corrected chi connectivity index (χ2v) is 8.29. The molecule has 1 fully saturated rings. The minimum Gasteiger partial charge on any atom is -0.382 e. The zero-order chi connectivity index (χ0) is 24.1. The second kappa shape index (κ2) is 10.3. The van der Waals surface area contributed by atoms with E-state index in [9.17, 15) is 9.59 Å². The van der Waals surface area contributed by atoms with Crippen LogP contribution in [0.25, 0.3) is 11.3 Å². The number of likely N-dealkylation sites (N-methyl/N-ethyl adjacent to an activating group) is 1. The van der Waals surface area contributed by atoms with E-state index in [0.29, 0.717) is 23.4 Å². The van der Waals surface area contributed by atoms with Crippen LogP contribution < -0.4 is 21.3 Å². The molecule has 2 amide bonds. The third kappa shape index (κ3) is 5.32. The topological polar surface area (TPSA) is 116 Å². The maximum absolute atomic E-state index is 12.8. The van der Waals surface area contributed by atoms with E-state index in [1.165, 1.54) is 18.9 Å². The van der Waals surface area contributed by atoms with Gasteiger partial charge in [0.15, 0.2) is 11.5 Å². The number of benzene rings is 2. The van der Waals surface area contributed by atoms with E-state index < -0.39 is 5.91 Å². The van der Waals surface area contributed by atoms with Crippen molar-refractivity contribution in [2.75, 3.05) is 50.9 Å². The van der Waals surface area contributed by atoms with Crippen molar-refractivity contribution in [3.8, 4) is 11.3 Å². The fourth-order valence-electron chi connectivity index (χ4n) is 3.82. The van der Waals surface area contributed by atoms with Gasteiger partial charge in [0.2, 0.25) is 0 Å². The number of nitrogens with two attached hydrogens (primary N) is 1. The van der Waals surface area contributed by atoms with Gasteiger partial charge in [0, 0.05) is 56.6 Å². The molecule has 0 saturated carbocycles. The van der Waals surface area contributed by atoms with Gasteiger partial charge in [-0.1, -0.05) is 24.3 Å². The molecule has 34 heavy (non-hydrogen) atoms. The Morgan fingerprint density at radius 1 is 1.03 bits per heavy atom. The van der Waals surface area contributed by atoms with Gasteiger partial charge in [-0.3, -0.25) is 9.59 Å². The van der Waals surface area contributed by atoms with Crippen molar-refractivity contribution < 1.29 is 9.59 Å². The maximum Gasteiger partial charge on any atom is 0.273 e. The molecule has 0 aliphatic carbocycles. The quantitative estimate of drug-likeness (QED) is 0.514. The van der Waals surface area contributed by atoms with Crippen molar-refractivity contribution in [2.24, 2.45) is 0 Å². The van der Waals surface area contributed by atoms with Crippen LogP contribution in [0.1, 0.15) is 26.4 Å². The molecule has 0 atom stereocenters. The van der Waals surface area contributed by atoms with Crippen LogP contribution in [0.5, 0.6) is 0 Å². The van der Waals surface area contributed by atoms with Crippen molar-refractivity contribution in [3.63, 3.8) is 0 Å². The number of piperazine rings is 1. The summed E-state index contributed by atoms with van der Waals surface area (Å²) < 4.78 is 0. The highest BCUT2D eigenvalue weighted by molar-refractivity contribution is 5.97. The van der Waals surface area contributed by atoms with Gasteiger partial charge in [-0.2, -0.15) is 0 Å². The van der Waals surface area contributed by atoms with E-state index >= 15 is 0 Å². The van der Waals surface area contributed by atoms with Crippen molar-refractivity contribution in [1.29, 1.82) is 0 Å². The molecule has 0 bridgehead atoms. The number of amides is 2. The second-order valence-electron chi connectivity index (χ2n) is 8.29. The predicted molar refractivity (Wildman–Crippen MR) is 133 cm³/mol. The molecular formula is C25H29N7O2. The van der Waals surface area contributed by atoms with Gasteiger partial charge in [0.05, 0.1) is 11.9 Å². The number of hydrogen-bond acceptors (Lipinski definition) is 7. The van der Waals surface area contributed by atoms with Gasteiger partial charge < -0.3 is 26.2 Å². The minimum absolute atomic E-state index is 0.0508. The molecule has 1 aromatic heterocycles. The summed E-state index contributed by atoms with van der Waals surface area (Å²) in [5.41, 5.74) is 9.68. The number of hydrogen-bond donors (Lipinski definition) is 3. The highest BCUT2D eigenvalue weighted by Crippen LogP contribution is 2.20. The largest absolute Gasteiger partial charge is 0.382 e. The van der Waals surface area contributed by atoms with E-state index in [0.717, 1.165) is 31.7 Å². The third-order valence-corrected chi connectivity index (χ3v) is 5.92. The fourth-order valence-corrected chi connectivity index (χ4v) is 3.82. The van der Waals surface area contributed by atoms with Crippen LogP contribution in [0.4, 0.5) is 11.5 Å². The molecule has 0 unspecified atom stereocenters.